The summed E-state index contributed by atoms with van der Waals surface area (Å²) < 4.78 is 10.3. The van der Waals surface area contributed by atoms with E-state index >= 15 is 0 Å². The molecule has 1 saturated heterocycles. The molecule has 0 spiro atoms. The van der Waals surface area contributed by atoms with Crippen LogP contribution in [0, 0.1) is 0 Å². The van der Waals surface area contributed by atoms with Gasteiger partial charge in [0.2, 0.25) is 5.91 Å². The van der Waals surface area contributed by atoms with Gasteiger partial charge in [0.05, 0.1) is 25.7 Å². The number of methoxy groups -OCH3 is 1. The zero-order valence-corrected chi connectivity index (χ0v) is 14.5. The van der Waals surface area contributed by atoms with Gasteiger partial charge in [-0.25, -0.2) is 0 Å². The van der Waals surface area contributed by atoms with Crippen molar-refractivity contribution in [3.63, 3.8) is 0 Å². The molecule has 0 radical (unpaired) electrons. The second kappa shape index (κ2) is 10.2. The zero-order valence-electron chi connectivity index (χ0n) is 13.7. The minimum absolute atomic E-state index is 0. The molecule has 134 valence electrons. The highest BCUT2D eigenvalue weighted by atomic mass is 35.5. The van der Waals surface area contributed by atoms with E-state index in [-0.39, 0.29) is 43.3 Å². The van der Waals surface area contributed by atoms with E-state index in [2.05, 4.69) is 5.32 Å². The first-order valence-electron chi connectivity index (χ1n) is 7.64. The van der Waals surface area contributed by atoms with Gasteiger partial charge < -0.3 is 25.4 Å². The average Bonchev–Trinajstić information content (AvgIpc) is 2.60. The molecule has 1 aromatic rings. The number of amides is 2. The van der Waals surface area contributed by atoms with Crippen LogP contribution < -0.4 is 11.1 Å². The van der Waals surface area contributed by atoms with Crippen molar-refractivity contribution >= 4 is 29.9 Å². The monoisotopic (exact) mass is 357 g/mol. The number of hydrogen-bond acceptors (Lipinski definition) is 5. The Labute approximate surface area is 147 Å². The van der Waals surface area contributed by atoms with Gasteiger partial charge in [-0.1, -0.05) is 6.07 Å². The fourth-order valence-corrected chi connectivity index (χ4v) is 2.36. The Morgan fingerprint density at radius 3 is 2.71 bits per heavy atom. The van der Waals surface area contributed by atoms with Crippen LogP contribution in [-0.2, 0) is 14.3 Å². The first kappa shape index (κ1) is 20.4. The van der Waals surface area contributed by atoms with Gasteiger partial charge in [0.1, 0.15) is 0 Å². The molecule has 1 fully saturated rings. The predicted octanol–water partition coefficient (Wildman–Crippen LogP) is 0.883. The Morgan fingerprint density at radius 1 is 1.38 bits per heavy atom. The lowest BCUT2D eigenvalue weighted by Crippen LogP contribution is -2.40. The Morgan fingerprint density at radius 2 is 2.08 bits per heavy atom. The number of anilines is 1. The molecular formula is C16H24ClN3O4. The highest BCUT2D eigenvalue weighted by Crippen LogP contribution is 2.14. The summed E-state index contributed by atoms with van der Waals surface area (Å²) in [7, 11) is 1.52. The van der Waals surface area contributed by atoms with Crippen molar-refractivity contribution in [2.24, 2.45) is 5.73 Å². The number of hydrogen-bond donors (Lipinski definition) is 2. The van der Waals surface area contributed by atoms with Gasteiger partial charge in [0.25, 0.3) is 5.91 Å². The number of ether oxygens (including phenoxy) is 2. The van der Waals surface area contributed by atoms with Gasteiger partial charge in [0, 0.05) is 38.0 Å². The molecule has 7 nitrogen and oxygen atoms in total. The number of nitrogens with two attached hydrogens (primary N) is 1. The molecule has 8 heteroatoms. The van der Waals surface area contributed by atoms with Crippen LogP contribution in [0.5, 0.6) is 0 Å². The van der Waals surface area contributed by atoms with Crippen molar-refractivity contribution in [3.05, 3.63) is 29.8 Å². The third-order valence-corrected chi connectivity index (χ3v) is 3.70. The van der Waals surface area contributed by atoms with Crippen LogP contribution in [0.25, 0.3) is 0 Å². The van der Waals surface area contributed by atoms with Gasteiger partial charge in [-0.15, -0.1) is 12.4 Å². The smallest absolute Gasteiger partial charge is 0.254 e. The second-order valence-corrected chi connectivity index (χ2v) is 5.33. The van der Waals surface area contributed by atoms with Crippen molar-refractivity contribution in [2.45, 2.75) is 12.5 Å². The van der Waals surface area contributed by atoms with E-state index in [4.69, 9.17) is 15.2 Å². The van der Waals surface area contributed by atoms with Crippen LogP contribution in [0.3, 0.4) is 0 Å². The number of carbonyl (C=O) groups excluding carboxylic acids is 2. The lowest BCUT2D eigenvalue weighted by atomic mass is 10.1. The molecule has 3 N–H and O–H groups in total. The topological polar surface area (TPSA) is 93.9 Å². The maximum absolute atomic E-state index is 12.4. The minimum Gasteiger partial charge on any atom is -0.380 e. The lowest BCUT2D eigenvalue weighted by molar-refractivity contribution is -0.118. The Bertz CT molecular complexity index is 546. The number of morpholine rings is 1. The molecular weight excluding hydrogens is 334 g/mol. The van der Waals surface area contributed by atoms with Crippen LogP contribution in [0.4, 0.5) is 5.69 Å². The number of rotatable bonds is 6. The van der Waals surface area contributed by atoms with E-state index in [9.17, 15) is 9.59 Å². The molecule has 0 aliphatic carbocycles. The average molecular weight is 358 g/mol. The highest BCUT2D eigenvalue weighted by Gasteiger charge is 2.19. The number of nitrogens with zero attached hydrogens (tertiary/aromatic N) is 1. The summed E-state index contributed by atoms with van der Waals surface area (Å²) in [5.74, 6) is -0.251. The minimum atomic E-state index is -0.312. The van der Waals surface area contributed by atoms with Gasteiger partial charge in [-0.2, -0.15) is 0 Å². The molecule has 24 heavy (non-hydrogen) atoms. The molecule has 1 atom stereocenters. The predicted molar refractivity (Wildman–Crippen MR) is 93.5 cm³/mol. The molecule has 2 amide bonds. The van der Waals surface area contributed by atoms with Crippen LogP contribution in [0.2, 0.25) is 0 Å². The zero-order chi connectivity index (χ0) is 16.7. The summed E-state index contributed by atoms with van der Waals surface area (Å²) in [6.45, 7) is 2.56. The third-order valence-electron chi connectivity index (χ3n) is 3.70. The normalized spacial score (nSPS) is 15.3. The van der Waals surface area contributed by atoms with E-state index in [0.717, 1.165) is 0 Å². The van der Waals surface area contributed by atoms with Crippen molar-refractivity contribution < 1.29 is 19.1 Å². The molecule has 2 rings (SSSR count). The van der Waals surface area contributed by atoms with E-state index in [0.29, 0.717) is 37.6 Å². The van der Waals surface area contributed by atoms with Crippen molar-refractivity contribution in [2.75, 3.05) is 45.3 Å². The van der Waals surface area contributed by atoms with E-state index in [1.807, 2.05) is 0 Å². The molecule has 1 heterocycles. The summed E-state index contributed by atoms with van der Waals surface area (Å²) in [6, 6.07) is 6.92. The van der Waals surface area contributed by atoms with Crippen LogP contribution in [0.15, 0.2) is 24.3 Å². The van der Waals surface area contributed by atoms with Gasteiger partial charge in [-0.3, -0.25) is 9.59 Å². The van der Waals surface area contributed by atoms with Crippen LogP contribution in [-0.4, -0.2) is 62.8 Å². The number of benzene rings is 1. The lowest BCUT2D eigenvalue weighted by Gasteiger charge is -2.27. The third kappa shape index (κ3) is 5.76. The van der Waals surface area contributed by atoms with Gasteiger partial charge in [0.15, 0.2) is 0 Å². The maximum Gasteiger partial charge on any atom is 0.254 e. The van der Waals surface area contributed by atoms with Crippen molar-refractivity contribution in [3.8, 4) is 0 Å². The highest BCUT2D eigenvalue weighted by molar-refractivity contribution is 5.97. The Hall–Kier alpha value is -1.67. The fourth-order valence-electron chi connectivity index (χ4n) is 2.36. The van der Waals surface area contributed by atoms with Gasteiger partial charge >= 0.3 is 0 Å². The summed E-state index contributed by atoms with van der Waals surface area (Å²) >= 11 is 0. The van der Waals surface area contributed by atoms with Crippen LogP contribution in [0.1, 0.15) is 16.8 Å². The quantitative estimate of drug-likeness (QED) is 0.788. The number of halogens is 1. The number of carbonyl (C=O) groups is 2. The molecule has 1 aromatic carbocycles. The summed E-state index contributed by atoms with van der Waals surface area (Å²) in [5, 5.41) is 2.77. The molecule has 1 unspecified atom stereocenters. The van der Waals surface area contributed by atoms with Crippen molar-refractivity contribution in [1.29, 1.82) is 0 Å². The summed E-state index contributed by atoms with van der Waals surface area (Å²) in [5.41, 5.74) is 6.64. The first-order chi connectivity index (χ1) is 11.1. The van der Waals surface area contributed by atoms with Crippen molar-refractivity contribution in [1.82, 2.24) is 4.90 Å². The van der Waals surface area contributed by atoms with Crippen LogP contribution >= 0.6 is 12.4 Å². The molecule has 1 aliphatic heterocycles. The van der Waals surface area contributed by atoms with E-state index in [1.165, 1.54) is 7.11 Å². The molecule has 0 saturated carbocycles. The maximum atomic E-state index is 12.4. The fraction of sp³-hybridized carbons (Fsp3) is 0.500. The van der Waals surface area contributed by atoms with E-state index in [1.54, 1.807) is 29.2 Å². The summed E-state index contributed by atoms with van der Waals surface area (Å²) in [6.07, 6.45) is -0.137. The molecule has 1 aliphatic rings. The molecule has 0 aromatic heterocycles. The SMILES string of the molecule is COC(CN)CC(=O)Nc1cccc(C(=O)N2CCOCC2)c1.Cl. The Balaban J connectivity index is 0.00000288. The molecule has 0 bridgehead atoms. The van der Waals surface area contributed by atoms with E-state index < -0.39 is 0 Å². The first-order valence-corrected chi connectivity index (χ1v) is 7.64. The second-order valence-electron chi connectivity index (χ2n) is 5.33. The Kier molecular flexibility index (Phi) is 8.70. The largest absolute Gasteiger partial charge is 0.380 e. The summed E-state index contributed by atoms with van der Waals surface area (Å²) in [4.78, 5) is 26.1. The van der Waals surface area contributed by atoms with Gasteiger partial charge in [-0.05, 0) is 18.2 Å². The standard InChI is InChI=1S/C16H23N3O4.ClH/c1-22-14(11-17)10-15(20)18-13-4-2-3-12(9-13)16(21)19-5-7-23-8-6-19;/h2-4,9,14H,5-8,10-11,17H2,1H3,(H,18,20);1H. The number of nitrogens with one attached hydrogen (secondary N) is 1.